The second-order valence-corrected chi connectivity index (χ2v) is 4.54. The average molecular weight is 261 g/mol. The number of benzene rings is 1. The molecule has 0 aromatic heterocycles. The van der Waals surface area contributed by atoms with E-state index in [0.717, 1.165) is 5.56 Å². The van der Waals surface area contributed by atoms with Gasteiger partial charge in [-0.15, -0.1) is 0 Å². The summed E-state index contributed by atoms with van der Waals surface area (Å²) in [5, 5.41) is 5.78. The van der Waals surface area contributed by atoms with Crippen LogP contribution in [0.15, 0.2) is 30.3 Å². The van der Waals surface area contributed by atoms with Crippen LogP contribution in [0.5, 0.6) is 0 Å². The molecule has 0 spiro atoms. The molecule has 19 heavy (non-hydrogen) atoms. The van der Waals surface area contributed by atoms with E-state index in [4.69, 9.17) is 0 Å². The highest BCUT2D eigenvalue weighted by Gasteiger charge is 2.33. The number of rotatable bonds is 4. The van der Waals surface area contributed by atoms with Gasteiger partial charge in [-0.05, 0) is 12.6 Å². The monoisotopic (exact) mass is 261 g/mol. The molecule has 1 heterocycles. The fourth-order valence-electron chi connectivity index (χ4n) is 2.28. The average Bonchev–Trinajstić information content (AvgIpc) is 2.45. The molecule has 1 saturated heterocycles. The summed E-state index contributed by atoms with van der Waals surface area (Å²) in [5.41, 5.74) is 0.859. The quantitative estimate of drug-likeness (QED) is 0.819. The Morgan fingerprint density at radius 2 is 2.16 bits per heavy atom. The van der Waals surface area contributed by atoms with Gasteiger partial charge in [0.25, 0.3) is 0 Å². The minimum atomic E-state index is -0.501. The Balaban J connectivity index is 2.19. The maximum absolute atomic E-state index is 12.2. The first-order valence-electron chi connectivity index (χ1n) is 6.50. The predicted octanol–water partition coefficient (Wildman–Crippen LogP) is 0.296. The van der Waals surface area contributed by atoms with Gasteiger partial charge in [-0.1, -0.05) is 30.3 Å². The molecule has 1 aliphatic heterocycles. The number of amides is 2. The standard InChI is InChI=1S/C14H19N3O2/c1-15-8-7-12(18)17-10-9-16-14(19)13(17)11-5-3-2-4-6-11/h2-6,13,15H,7-10H2,1H3,(H,16,19). The maximum atomic E-state index is 12.2. The minimum Gasteiger partial charge on any atom is -0.352 e. The van der Waals surface area contributed by atoms with Crippen LogP contribution in [0.25, 0.3) is 0 Å². The van der Waals surface area contributed by atoms with Crippen LogP contribution in [-0.2, 0) is 9.59 Å². The normalized spacial score (nSPS) is 19.1. The second-order valence-electron chi connectivity index (χ2n) is 4.54. The largest absolute Gasteiger partial charge is 0.352 e. The van der Waals surface area contributed by atoms with E-state index >= 15 is 0 Å². The van der Waals surface area contributed by atoms with Crippen LogP contribution in [0.1, 0.15) is 18.0 Å². The molecule has 5 nitrogen and oxygen atoms in total. The van der Waals surface area contributed by atoms with E-state index in [1.165, 1.54) is 0 Å². The van der Waals surface area contributed by atoms with Crippen molar-refractivity contribution >= 4 is 11.8 Å². The molecule has 1 atom stereocenters. The van der Waals surface area contributed by atoms with Crippen molar-refractivity contribution in [3.8, 4) is 0 Å². The van der Waals surface area contributed by atoms with E-state index in [1.807, 2.05) is 37.4 Å². The van der Waals surface area contributed by atoms with Crippen LogP contribution in [0.3, 0.4) is 0 Å². The van der Waals surface area contributed by atoms with Gasteiger partial charge in [-0.3, -0.25) is 9.59 Å². The number of hydrogen-bond donors (Lipinski definition) is 2. The summed E-state index contributed by atoms with van der Waals surface area (Å²) >= 11 is 0. The fourth-order valence-corrected chi connectivity index (χ4v) is 2.28. The molecule has 1 aliphatic rings. The van der Waals surface area contributed by atoms with Crippen molar-refractivity contribution in [3.63, 3.8) is 0 Å². The Morgan fingerprint density at radius 1 is 1.42 bits per heavy atom. The number of nitrogens with one attached hydrogen (secondary N) is 2. The summed E-state index contributed by atoms with van der Waals surface area (Å²) in [6.07, 6.45) is 0.410. The fraction of sp³-hybridized carbons (Fsp3) is 0.429. The highest BCUT2D eigenvalue weighted by molar-refractivity contribution is 5.89. The zero-order chi connectivity index (χ0) is 13.7. The molecule has 1 aromatic rings. The molecule has 1 fully saturated rings. The van der Waals surface area contributed by atoms with Crippen LogP contribution >= 0.6 is 0 Å². The molecule has 2 amide bonds. The van der Waals surface area contributed by atoms with Crippen LogP contribution in [-0.4, -0.2) is 43.4 Å². The van der Waals surface area contributed by atoms with Crippen LogP contribution in [0, 0.1) is 0 Å². The molecule has 1 unspecified atom stereocenters. The second kappa shape index (κ2) is 6.33. The van der Waals surface area contributed by atoms with Crippen LogP contribution in [0.2, 0.25) is 0 Å². The van der Waals surface area contributed by atoms with E-state index in [9.17, 15) is 9.59 Å². The van der Waals surface area contributed by atoms with Crippen molar-refractivity contribution in [2.24, 2.45) is 0 Å². The number of carbonyl (C=O) groups is 2. The number of carbonyl (C=O) groups excluding carboxylic acids is 2. The SMILES string of the molecule is CNCCC(=O)N1CCNC(=O)C1c1ccccc1. The molecular formula is C14H19N3O2. The number of piperazine rings is 1. The summed E-state index contributed by atoms with van der Waals surface area (Å²) in [4.78, 5) is 25.9. The molecule has 5 heteroatoms. The highest BCUT2D eigenvalue weighted by Crippen LogP contribution is 2.23. The summed E-state index contributed by atoms with van der Waals surface area (Å²) < 4.78 is 0. The summed E-state index contributed by atoms with van der Waals surface area (Å²) in [6.45, 7) is 1.71. The van der Waals surface area contributed by atoms with Gasteiger partial charge < -0.3 is 15.5 Å². The molecule has 0 saturated carbocycles. The van der Waals surface area contributed by atoms with Gasteiger partial charge in [-0.2, -0.15) is 0 Å². The van der Waals surface area contributed by atoms with Gasteiger partial charge in [0.15, 0.2) is 0 Å². The Hall–Kier alpha value is -1.88. The number of nitrogens with zero attached hydrogens (tertiary/aromatic N) is 1. The van der Waals surface area contributed by atoms with E-state index in [-0.39, 0.29) is 11.8 Å². The zero-order valence-corrected chi connectivity index (χ0v) is 11.1. The third-order valence-corrected chi connectivity index (χ3v) is 3.24. The summed E-state index contributed by atoms with van der Waals surface area (Å²) in [7, 11) is 1.81. The van der Waals surface area contributed by atoms with Gasteiger partial charge >= 0.3 is 0 Å². The molecule has 0 radical (unpaired) electrons. The highest BCUT2D eigenvalue weighted by atomic mass is 16.2. The lowest BCUT2D eigenvalue weighted by Crippen LogP contribution is -2.52. The van der Waals surface area contributed by atoms with E-state index in [0.29, 0.717) is 26.1 Å². The summed E-state index contributed by atoms with van der Waals surface area (Å²) in [5.74, 6) is -0.0895. The maximum Gasteiger partial charge on any atom is 0.247 e. The molecule has 2 rings (SSSR count). The van der Waals surface area contributed by atoms with Crippen molar-refractivity contribution in [3.05, 3.63) is 35.9 Å². The smallest absolute Gasteiger partial charge is 0.247 e. The van der Waals surface area contributed by atoms with E-state index < -0.39 is 6.04 Å². The molecule has 0 bridgehead atoms. The van der Waals surface area contributed by atoms with Gasteiger partial charge in [0, 0.05) is 26.1 Å². The third kappa shape index (κ3) is 3.12. The van der Waals surface area contributed by atoms with Crippen molar-refractivity contribution in [2.75, 3.05) is 26.7 Å². The summed E-state index contributed by atoms with van der Waals surface area (Å²) in [6, 6.07) is 8.93. The Morgan fingerprint density at radius 3 is 2.84 bits per heavy atom. The Labute approximate surface area is 113 Å². The van der Waals surface area contributed by atoms with Crippen LogP contribution in [0.4, 0.5) is 0 Å². The molecular weight excluding hydrogens is 242 g/mol. The van der Waals surface area contributed by atoms with Gasteiger partial charge in [0.2, 0.25) is 11.8 Å². The van der Waals surface area contributed by atoms with Gasteiger partial charge in [-0.25, -0.2) is 0 Å². The lowest BCUT2D eigenvalue weighted by atomic mass is 10.0. The minimum absolute atomic E-state index is 0.0121. The van der Waals surface area contributed by atoms with Gasteiger partial charge in [0.1, 0.15) is 6.04 Å². The first kappa shape index (κ1) is 13.5. The van der Waals surface area contributed by atoms with Crippen molar-refractivity contribution < 1.29 is 9.59 Å². The predicted molar refractivity (Wildman–Crippen MR) is 72.4 cm³/mol. The van der Waals surface area contributed by atoms with E-state index in [1.54, 1.807) is 4.90 Å². The Kier molecular flexibility index (Phi) is 4.52. The molecule has 2 N–H and O–H groups in total. The lowest BCUT2D eigenvalue weighted by Gasteiger charge is -2.35. The molecule has 0 aliphatic carbocycles. The van der Waals surface area contributed by atoms with Crippen molar-refractivity contribution in [1.82, 2.24) is 15.5 Å². The first-order chi connectivity index (χ1) is 9.24. The third-order valence-electron chi connectivity index (χ3n) is 3.24. The number of hydrogen-bond acceptors (Lipinski definition) is 3. The first-order valence-corrected chi connectivity index (χ1v) is 6.50. The van der Waals surface area contributed by atoms with E-state index in [2.05, 4.69) is 10.6 Å². The van der Waals surface area contributed by atoms with Gasteiger partial charge in [0.05, 0.1) is 0 Å². The zero-order valence-electron chi connectivity index (χ0n) is 11.1. The molecule has 102 valence electrons. The topological polar surface area (TPSA) is 61.4 Å². The Bertz CT molecular complexity index is 447. The molecule has 1 aromatic carbocycles. The van der Waals surface area contributed by atoms with Crippen molar-refractivity contribution in [2.45, 2.75) is 12.5 Å². The van der Waals surface area contributed by atoms with Crippen molar-refractivity contribution in [1.29, 1.82) is 0 Å². The lowest BCUT2D eigenvalue weighted by molar-refractivity contribution is -0.143. The van der Waals surface area contributed by atoms with Crippen LogP contribution < -0.4 is 10.6 Å².